The van der Waals surface area contributed by atoms with Gasteiger partial charge in [0.15, 0.2) is 5.82 Å². The van der Waals surface area contributed by atoms with Crippen molar-refractivity contribution in [1.29, 1.82) is 0 Å². The number of rotatable bonds is 1. The van der Waals surface area contributed by atoms with Crippen molar-refractivity contribution in [2.45, 2.75) is 6.92 Å². The third-order valence-electron chi connectivity index (χ3n) is 2.99. The Labute approximate surface area is 114 Å². The van der Waals surface area contributed by atoms with Gasteiger partial charge in [0.25, 0.3) is 0 Å². The topological polar surface area (TPSA) is 25.8 Å². The lowest BCUT2D eigenvalue weighted by Gasteiger charge is -2.07. The first-order valence-corrected chi connectivity index (χ1v) is 6.22. The van der Waals surface area contributed by atoms with E-state index in [9.17, 15) is 4.39 Å². The number of hydrogen-bond acceptors (Lipinski definition) is 2. The molecule has 19 heavy (non-hydrogen) atoms. The average Bonchev–Trinajstić information content (AvgIpc) is 2.38. The minimum Gasteiger partial charge on any atom is -0.228 e. The molecule has 0 radical (unpaired) electrons. The van der Waals surface area contributed by atoms with Crippen molar-refractivity contribution >= 4 is 22.5 Å². The van der Waals surface area contributed by atoms with E-state index in [0.717, 1.165) is 22.0 Å². The van der Waals surface area contributed by atoms with Gasteiger partial charge in [-0.05, 0) is 42.8 Å². The molecule has 0 bridgehead atoms. The van der Waals surface area contributed by atoms with Crippen LogP contribution in [0.2, 0.25) is 5.15 Å². The number of aryl methyl sites for hydroxylation is 1. The summed E-state index contributed by atoms with van der Waals surface area (Å²) in [4.78, 5) is 8.77. The van der Waals surface area contributed by atoms with Crippen LogP contribution in [0.4, 0.5) is 4.39 Å². The highest BCUT2D eigenvalue weighted by Gasteiger charge is 2.10. The van der Waals surface area contributed by atoms with Gasteiger partial charge in [0.1, 0.15) is 11.0 Å². The lowest BCUT2D eigenvalue weighted by atomic mass is 10.1. The quantitative estimate of drug-likeness (QED) is 0.614. The van der Waals surface area contributed by atoms with E-state index in [0.29, 0.717) is 11.0 Å². The predicted molar refractivity (Wildman–Crippen MR) is 74.7 cm³/mol. The average molecular weight is 273 g/mol. The van der Waals surface area contributed by atoms with Crippen LogP contribution in [0.15, 0.2) is 42.5 Å². The second-order valence-corrected chi connectivity index (χ2v) is 4.67. The molecule has 0 amide bonds. The van der Waals surface area contributed by atoms with Gasteiger partial charge in [-0.3, -0.25) is 0 Å². The molecule has 0 atom stereocenters. The maximum absolute atomic E-state index is 13.1. The molecule has 0 aliphatic heterocycles. The number of aromatic nitrogens is 2. The van der Waals surface area contributed by atoms with E-state index in [4.69, 9.17) is 11.6 Å². The highest BCUT2D eigenvalue weighted by Crippen LogP contribution is 2.26. The van der Waals surface area contributed by atoms with Crippen molar-refractivity contribution < 1.29 is 4.39 Å². The Kier molecular flexibility index (Phi) is 2.91. The Morgan fingerprint density at radius 1 is 1.05 bits per heavy atom. The summed E-state index contributed by atoms with van der Waals surface area (Å²) in [6, 6.07) is 12.1. The second-order valence-electron chi connectivity index (χ2n) is 4.31. The Balaban J connectivity index is 2.25. The van der Waals surface area contributed by atoms with Gasteiger partial charge >= 0.3 is 0 Å². The third-order valence-corrected chi connectivity index (χ3v) is 3.27. The summed E-state index contributed by atoms with van der Waals surface area (Å²) in [6.07, 6.45) is 0. The second kappa shape index (κ2) is 4.59. The molecule has 3 aromatic rings. The zero-order chi connectivity index (χ0) is 13.4. The Morgan fingerprint density at radius 2 is 1.84 bits per heavy atom. The smallest absolute Gasteiger partial charge is 0.161 e. The van der Waals surface area contributed by atoms with Crippen molar-refractivity contribution in [3.05, 3.63) is 59.0 Å². The first-order chi connectivity index (χ1) is 9.15. The predicted octanol–water partition coefficient (Wildman–Crippen LogP) is 4.40. The molecule has 0 fully saturated rings. The van der Waals surface area contributed by atoms with Crippen molar-refractivity contribution in [2.75, 3.05) is 0 Å². The van der Waals surface area contributed by atoms with Crippen LogP contribution in [0.3, 0.4) is 0 Å². The largest absolute Gasteiger partial charge is 0.228 e. The van der Waals surface area contributed by atoms with Crippen LogP contribution < -0.4 is 0 Å². The molecule has 94 valence electrons. The van der Waals surface area contributed by atoms with E-state index < -0.39 is 0 Å². The van der Waals surface area contributed by atoms with Gasteiger partial charge in [0, 0.05) is 10.9 Å². The lowest BCUT2D eigenvalue weighted by Crippen LogP contribution is -1.94. The Bertz CT molecular complexity index is 771. The summed E-state index contributed by atoms with van der Waals surface area (Å²) in [7, 11) is 0. The van der Waals surface area contributed by atoms with Crippen molar-refractivity contribution in [3.8, 4) is 11.4 Å². The van der Waals surface area contributed by atoms with Gasteiger partial charge in [-0.1, -0.05) is 23.7 Å². The minimum atomic E-state index is -0.270. The van der Waals surface area contributed by atoms with Crippen LogP contribution in [0, 0.1) is 12.7 Å². The van der Waals surface area contributed by atoms with Gasteiger partial charge < -0.3 is 0 Å². The normalized spacial score (nSPS) is 10.9. The van der Waals surface area contributed by atoms with Crippen molar-refractivity contribution in [3.63, 3.8) is 0 Å². The molecule has 0 N–H and O–H groups in total. The first kappa shape index (κ1) is 12.1. The first-order valence-electron chi connectivity index (χ1n) is 5.84. The standard InChI is InChI=1S/C15H10ClFN2/c1-9-8-10(17)6-7-11(9)15-18-13-5-3-2-4-12(13)14(16)19-15/h2-8H,1H3. The summed E-state index contributed by atoms with van der Waals surface area (Å²) in [5.41, 5.74) is 2.35. The Morgan fingerprint density at radius 3 is 2.63 bits per heavy atom. The molecular weight excluding hydrogens is 263 g/mol. The number of para-hydroxylation sites is 1. The summed E-state index contributed by atoms with van der Waals surface area (Å²) in [5, 5.41) is 1.22. The monoisotopic (exact) mass is 272 g/mol. The van der Waals surface area contributed by atoms with Crippen LogP contribution in [-0.2, 0) is 0 Å². The lowest BCUT2D eigenvalue weighted by molar-refractivity contribution is 0.627. The number of nitrogens with zero attached hydrogens (tertiary/aromatic N) is 2. The van der Waals surface area contributed by atoms with Gasteiger partial charge in [-0.2, -0.15) is 0 Å². The van der Waals surface area contributed by atoms with E-state index in [2.05, 4.69) is 9.97 Å². The molecule has 0 spiro atoms. The van der Waals surface area contributed by atoms with Crippen LogP contribution in [0.25, 0.3) is 22.3 Å². The van der Waals surface area contributed by atoms with Crippen LogP contribution in [0.5, 0.6) is 0 Å². The van der Waals surface area contributed by atoms with Gasteiger partial charge in [0.05, 0.1) is 5.52 Å². The summed E-state index contributed by atoms with van der Waals surface area (Å²) in [5.74, 6) is 0.245. The minimum absolute atomic E-state index is 0.270. The highest BCUT2D eigenvalue weighted by atomic mass is 35.5. The molecular formula is C15H10ClFN2. The van der Waals surface area contributed by atoms with Crippen LogP contribution in [0.1, 0.15) is 5.56 Å². The van der Waals surface area contributed by atoms with E-state index in [1.54, 1.807) is 6.07 Å². The number of benzene rings is 2. The van der Waals surface area contributed by atoms with Crippen LogP contribution >= 0.6 is 11.6 Å². The highest BCUT2D eigenvalue weighted by molar-refractivity contribution is 6.34. The van der Waals surface area contributed by atoms with E-state index >= 15 is 0 Å². The van der Waals surface area contributed by atoms with Crippen molar-refractivity contribution in [2.24, 2.45) is 0 Å². The molecule has 2 aromatic carbocycles. The fraction of sp³-hybridized carbons (Fsp3) is 0.0667. The third kappa shape index (κ3) is 2.17. The fourth-order valence-corrected chi connectivity index (χ4v) is 2.28. The molecule has 0 aliphatic rings. The summed E-state index contributed by atoms with van der Waals surface area (Å²) < 4.78 is 13.1. The summed E-state index contributed by atoms with van der Waals surface area (Å²) >= 11 is 6.17. The van der Waals surface area contributed by atoms with Gasteiger partial charge in [-0.15, -0.1) is 0 Å². The number of halogens is 2. The van der Waals surface area contributed by atoms with Gasteiger partial charge in [0.2, 0.25) is 0 Å². The zero-order valence-corrected chi connectivity index (χ0v) is 10.9. The number of hydrogen-bond donors (Lipinski definition) is 0. The van der Waals surface area contributed by atoms with Gasteiger partial charge in [-0.25, -0.2) is 14.4 Å². The SMILES string of the molecule is Cc1cc(F)ccc1-c1nc(Cl)c2ccccc2n1. The molecule has 4 heteroatoms. The van der Waals surface area contributed by atoms with E-state index in [1.165, 1.54) is 12.1 Å². The molecule has 1 aromatic heterocycles. The van der Waals surface area contributed by atoms with Crippen molar-refractivity contribution in [1.82, 2.24) is 9.97 Å². The molecule has 1 heterocycles. The zero-order valence-electron chi connectivity index (χ0n) is 10.2. The molecule has 2 nitrogen and oxygen atoms in total. The molecule has 0 unspecified atom stereocenters. The van der Waals surface area contributed by atoms with E-state index in [-0.39, 0.29) is 5.82 Å². The van der Waals surface area contributed by atoms with E-state index in [1.807, 2.05) is 31.2 Å². The fourth-order valence-electron chi connectivity index (χ4n) is 2.04. The Hall–Kier alpha value is -2.00. The molecule has 0 saturated heterocycles. The number of fused-ring (bicyclic) bond motifs is 1. The summed E-state index contributed by atoms with van der Waals surface area (Å²) in [6.45, 7) is 1.82. The molecule has 0 saturated carbocycles. The maximum Gasteiger partial charge on any atom is 0.161 e. The molecule has 0 aliphatic carbocycles. The molecule has 3 rings (SSSR count). The maximum atomic E-state index is 13.1. The van der Waals surface area contributed by atoms with Crippen LogP contribution in [-0.4, -0.2) is 9.97 Å².